The van der Waals surface area contributed by atoms with E-state index in [2.05, 4.69) is 24.0 Å². The van der Waals surface area contributed by atoms with Crippen molar-refractivity contribution in [1.29, 1.82) is 0 Å². The van der Waals surface area contributed by atoms with E-state index in [0.717, 1.165) is 32.5 Å². The summed E-state index contributed by atoms with van der Waals surface area (Å²) in [6, 6.07) is 4.36. The number of piperidine rings is 1. The number of likely N-dealkylation sites (tertiary alicyclic amines) is 1. The standard InChI is InChI=1S/C13H19NO2S/c1-10-2-3-12(17-10)9-14-6-4-11(5-7-14)8-13(15)16/h2-3,11H,4-9H2,1H3,(H,15,16). The van der Waals surface area contributed by atoms with E-state index < -0.39 is 5.97 Å². The lowest BCUT2D eigenvalue weighted by Gasteiger charge is -2.30. The molecule has 0 radical (unpaired) electrons. The average molecular weight is 253 g/mol. The smallest absolute Gasteiger partial charge is 0.303 e. The molecular formula is C13H19NO2S. The first kappa shape index (κ1) is 12.6. The highest BCUT2D eigenvalue weighted by atomic mass is 32.1. The molecule has 0 aromatic carbocycles. The van der Waals surface area contributed by atoms with Crippen molar-refractivity contribution in [3.63, 3.8) is 0 Å². The van der Waals surface area contributed by atoms with E-state index in [4.69, 9.17) is 5.11 Å². The van der Waals surface area contributed by atoms with Crippen molar-refractivity contribution >= 4 is 17.3 Å². The zero-order chi connectivity index (χ0) is 12.3. The minimum absolute atomic E-state index is 0.339. The van der Waals surface area contributed by atoms with E-state index in [1.165, 1.54) is 9.75 Å². The Hall–Kier alpha value is -0.870. The van der Waals surface area contributed by atoms with Crippen molar-refractivity contribution in [2.45, 2.75) is 32.7 Å². The Morgan fingerprint density at radius 3 is 2.71 bits per heavy atom. The summed E-state index contributed by atoms with van der Waals surface area (Å²) in [5.41, 5.74) is 0. The van der Waals surface area contributed by atoms with E-state index in [1.807, 2.05) is 11.3 Å². The van der Waals surface area contributed by atoms with Crippen LogP contribution in [0.15, 0.2) is 12.1 Å². The minimum Gasteiger partial charge on any atom is -0.481 e. The quantitative estimate of drug-likeness (QED) is 0.897. The second-order valence-electron chi connectivity index (χ2n) is 4.83. The summed E-state index contributed by atoms with van der Waals surface area (Å²) in [7, 11) is 0. The van der Waals surface area contributed by atoms with E-state index >= 15 is 0 Å². The highest BCUT2D eigenvalue weighted by Gasteiger charge is 2.21. The second-order valence-corrected chi connectivity index (χ2v) is 6.20. The maximum absolute atomic E-state index is 10.6. The Labute approximate surface area is 106 Å². The fourth-order valence-electron chi connectivity index (χ4n) is 2.39. The maximum atomic E-state index is 10.6. The number of hydrogen-bond donors (Lipinski definition) is 1. The maximum Gasteiger partial charge on any atom is 0.303 e. The molecule has 4 heteroatoms. The molecule has 17 heavy (non-hydrogen) atoms. The van der Waals surface area contributed by atoms with Crippen molar-refractivity contribution in [2.24, 2.45) is 5.92 Å². The highest BCUT2D eigenvalue weighted by molar-refractivity contribution is 7.11. The minimum atomic E-state index is -0.655. The molecule has 1 fully saturated rings. The van der Waals surface area contributed by atoms with Crippen LogP contribution in [-0.4, -0.2) is 29.1 Å². The molecule has 0 atom stereocenters. The van der Waals surface area contributed by atoms with Gasteiger partial charge in [-0.3, -0.25) is 9.69 Å². The molecule has 2 heterocycles. The first-order valence-electron chi connectivity index (χ1n) is 6.13. The Morgan fingerprint density at radius 2 is 2.18 bits per heavy atom. The molecule has 0 bridgehead atoms. The number of rotatable bonds is 4. The van der Waals surface area contributed by atoms with Crippen LogP contribution in [0.25, 0.3) is 0 Å². The van der Waals surface area contributed by atoms with Crippen molar-refractivity contribution in [3.05, 3.63) is 21.9 Å². The van der Waals surface area contributed by atoms with Crippen LogP contribution in [0.3, 0.4) is 0 Å². The molecule has 2 rings (SSSR count). The lowest BCUT2D eigenvalue weighted by atomic mass is 9.94. The van der Waals surface area contributed by atoms with Crippen molar-refractivity contribution in [3.8, 4) is 0 Å². The van der Waals surface area contributed by atoms with Gasteiger partial charge in [0.2, 0.25) is 0 Å². The fourth-order valence-corrected chi connectivity index (χ4v) is 3.32. The molecule has 3 nitrogen and oxygen atoms in total. The van der Waals surface area contributed by atoms with Gasteiger partial charge in [-0.05, 0) is 50.9 Å². The summed E-state index contributed by atoms with van der Waals surface area (Å²) < 4.78 is 0. The third-order valence-electron chi connectivity index (χ3n) is 3.35. The summed E-state index contributed by atoms with van der Waals surface area (Å²) in [5, 5.41) is 8.76. The van der Waals surface area contributed by atoms with Crippen molar-refractivity contribution in [1.82, 2.24) is 4.90 Å². The Balaban J connectivity index is 1.77. The molecule has 94 valence electrons. The van der Waals surface area contributed by atoms with Crippen LogP contribution in [0.4, 0.5) is 0 Å². The average Bonchev–Trinajstić information content (AvgIpc) is 2.66. The number of aryl methyl sites for hydroxylation is 1. The van der Waals surface area contributed by atoms with E-state index in [0.29, 0.717) is 12.3 Å². The molecule has 0 unspecified atom stereocenters. The van der Waals surface area contributed by atoms with E-state index in [-0.39, 0.29) is 0 Å². The number of carboxylic acid groups (broad SMARTS) is 1. The molecule has 1 aliphatic rings. The van der Waals surface area contributed by atoms with Gasteiger partial charge < -0.3 is 5.11 Å². The Bertz CT molecular complexity index is 381. The number of hydrogen-bond acceptors (Lipinski definition) is 3. The van der Waals surface area contributed by atoms with Gasteiger partial charge in [0, 0.05) is 22.7 Å². The molecule has 1 N–H and O–H groups in total. The van der Waals surface area contributed by atoms with Gasteiger partial charge in [-0.1, -0.05) is 0 Å². The topological polar surface area (TPSA) is 40.5 Å². The first-order chi connectivity index (χ1) is 8.13. The predicted molar refractivity (Wildman–Crippen MR) is 69.3 cm³/mol. The van der Waals surface area contributed by atoms with Crippen LogP contribution in [0.1, 0.15) is 29.0 Å². The molecule has 1 aromatic heterocycles. The lowest BCUT2D eigenvalue weighted by Crippen LogP contribution is -2.33. The second kappa shape index (κ2) is 5.65. The Morgan fingerprint density at radius 1 is 1.47 bits per heavy atom. The number of carbonyl (C=O) groups is 1. The summed E-state index contributed by atoms with van der Waals surface area (Å²) in [4.78, 5) is 15.8. The molecule has 1 saturated heterocycles. The molecule has 1 aliphatic heterocycles. The van der Waals surface area contributed by atoms with Gasteiger partial charge in [0.1, 0.15) is 0 Å². The lowest BCUT2D eigenvalue weighted by molar-refractivity contribution is -0.138. The van der Waals surface area contributed by atoms with Crippen LogP contribution in [-0.2, 0) is 11.3 Å². The summed E-state index contributed by atoms with van der Waals surface area (Å²) >= 11 is 1.86. The van der Waals surface area contributed by atoms with E-state index in [1.54, 1.807) is 0 Å². The SMILES string of the molecule is Cc1ccc(CN2CCC(CC(=O)O)CC2)s1. The molecule has 0 saturated carbocycles. The number of aliphatic carboxylic acids is 1. The monoisotopic (exact) mass is 253 g/mol. The van der Waals surface area contributed by atoms with Gasteiger partial charge in [-0.15, -0.1) is 11.3 Å². The van der Waals surface area contributed by atoms with Gasteiger partial charge in [0.25, 0.3) is 0 Å². The fraction of sp³-hybridized carbons (Fsp3) is 0.615. The Kier molecular flexibility index (Phi) is 4.18. The molecular weight excluding hydrogens is 234 g/mol. The largest absolute Gasteiger partial charge is 0.481 e. The highest BCUT2D eigenvalue weighted by Crippen LogP contribution is 2.23. The van der Waals surface area contributed by atoms with Gasteiger partial charge in [-0.25, -0.2) is 0 Å². The molecule has 0 amide bonds. The zero-order valence-corrected chi connectivity index (χ0v) is 11.0. The zero-order valence-electron chi connectivity index (χ0n) is 10.2. The molecule has 0 spiro atoms. The number of nitrogens with zero attached hydrogens (tertiary/aromatic N) is 1. The number of thiophene rings is 1. The summed E-state index contributed by atoms with van der Waals surface area (Å²) in [5.74, 6) is -0.272. The van der Waals surface area contributed by atoms with Crippen LogP contribution < -0.4 is 0 Å². The van der Waals surface area contributed by atoms with Gasteiger partial charge in [0.15, 0.2) is 0 Å². The van der Waals surface area contributed by atoms with Crippen LogP contribution >= 0.6 is 11.3 Å². The van der Waals surface area contributed by atoms with Crippen molar-refractivity contribution in [2.75, 3.05) is 13.1 Å². The van der Waals surface area contributed by atoms with E-state index in [9.17, 15) is 4.79 Å². The predicted octanol–water partition coefficient (Wildman–Crippen LogP) is 2.74. The van der Waals surface area contributed by atoms with Crippen molar-refractivity contribution < 1.29 is 9.90 Å². The third-order valence-corrected chi connectivity index (χ3v) is 4.33. The third kappa shape index (κ3) is 3.82. The first-order valence-corrected chi connectivity index (χ1v) is 6.94. The van der Waals surface area contributed by atoms with Crippen LogP contribution in [0.2, 0.25) is 0 Å². The van der Waals surface area contributed by atoms with Gasteiger partial charge in [-0.2, -0.15) is 0 Å². The molecule has 1 aromatic rings. The normalized spacial score (nSPS) is 18.4. The van der Waals surface area contributed by atoms with Gasteiger partial charge >= 0.3 is 5.97 Å². The molecule has 0 aliphatic carbocycles. The van der Waals surface area contributed by atoms with Gasteiger partial charge in [0.05, 0.1) is 0 Å². The summed E-state index contributed by atoms with van der Waals surface area (Å²) in [6.45, 7) is 5.23. The van der Waals surface area contributed by atoms with Crippen LogP contribution in [0.5, 0.6) is 0 Å². The number of carboxylic acids is 1. The summed E-state index contributed by atoms with van der Waals surface area (Å²) in [6.07, 6.45) is 2.39. The van der Waals surface area contributed by atoms with Crippen LogP contribution in [0, 0.1) is 12.8 Å².